The van der Waals surface area contributed by atoms with Crippen LogP contribution in [0.5, 0.6) is 5.75 Å². The molecule has 4 nitrogen and oxygen atoms in total. The number of nitrogens with one attached hydrogen (secondary N) is 1. The van der Waals surface area contributed by atoms with Gasteiger partial charge in [0.25, 0.3) is 0 Å². The molecule has 0 saturated heterocycles. The molecule has 0 atom stereocenters. The highest BCUT2D eigenvalue weighted by Crippen LogP contribution is 2.10. The van der Waals surface area contributed by atoms with Crippen molar-refractivity contribution >= 4 is 5.96 Å². The summed E-state index contributed by atoms with van der Waals surface area (Å²) in [6, 6.07) is 8.10. The van der Waals surface area contributed by atoms with Gasteiger partial charge in [-0.05, 0) is 19.1 Å². The molecule has 0 radical (unpaired) electrons. The summed E-state index contributed by atoms with van der Waals surface area (Å²) in [6.07, 6.45) is 0. The lowest BCUT2D eigenvalue weighted by atomic mass is 10.2. The third-order valence-electron chi connectivity index (χ3n) is 2.73. The van der Waals surface area contributed by atoms with Crippen LogP contribution in [0, 0.1) is 6.92 Å². The van der Waals surface area contributed by atoms with Crippen LogP contribution in [0.25, 0.3) is 0 Å². The van der Waals surface area contributed by atoms with Crippen molar-refractivity contribution < 1.29 is 4.74 Å². The Balaban J connectivity index is 1.68. The van der Waals surface area contributed by atoms with Gasteiger partial charge in [-0.3, -0.25) is 4.99 Å². The smallest absolute Gasteiger partial charge is 0.193 e. The molecule has 1 aromatic carbocycles. The van der Waals surface area contributed by atoms with E-state index >= 15 is 0 Å². The van der Waals surface area contributed by atoms with Gasteiger partial charge in [-0.25, -0.2) is 0 Å². The number of rotatable bonds is 4. The molecule has 2 rings (SSSR count). The van der Waals surface area contributed by atoms with Gasteiger partial charge < -0.3 is 15.0 Å². The minimum absolute atomic E-state index is 0.649. The molecule has 1 aliphatic heterocycles. The van der Waals surface area contributed by atoms with E-state index in [1.165, 1.54) is 5.56 Å². The summed E-state index contributed by atoms with van der Waals surface area (Å²) in [5.41, 5.74) is 1.25. The number of likely N-dealkylation sites (N-methyl/N-ethyl adjacent to an activating group) is 1. The first kappa shape index (κ1) is 11.8. The van der Waals surface area contributed by atoms with E-state index in [0.717, 1.165) is 31.3 Å². The second kappa shape index (κ2) is 5.57. The first-order valence-corrected chi connectivity index (χ1v) is 5.94. The predicted octanol–water partition coefficient (Wildman–Crippen LogP) is 1.26. The highest BCUT2D eigenvalue weighted by Gasteiger charge is 2.10. The number of guanidine groups is 1. The summed E-state index contributed by atoms with van der Waals surface area (Å²) in [4.78, 5) is 6.47. The van der Waals surface area contributed by atoms with Crippen molar-refractivity contribution in [3.05, 3.63) is 29.8 Å². The highest BCUT2D eigenvalue weighted by atomic mass is 16.5. The molecular weight excluding hydrogens is 214 g/mol. The molecule has 1 N–H and O–H groups in total. The SMILES string of the molecule is Cc1ccc(OCCNC2=NCCN2C)cc1. The molecule has 4 heteroatoms. The zero-order valence-corrected chi connectivity index (χ0v) is 10.4. The largest absolute Gasteiger partial charge is 0.492 e. The molecule has 0 amide bonds. The third kappa shape index (κ3) is 3.37. The summed E-state index contributed by atoms with van der Waals surface area (Å²) in [5, 5.41) is 3.26. The summed E-state index contributed by atoms with van der Waals surface area (Å²) in [5.74, 6) is 1.89. The second-order valence-electron chi connectivity index (χ2n) is 4.22. The van der Waals surface area contributed by atoms with Crippen molar-refractivity contribution in [2.45, 2.75) is 6.92 Å². The van der Waals surface area contributed by atoms with Gasteiger partial charge in [0, 0.05) is 13.6 Å². The molecule has 0 aliphatic carbocycles. The van der Waals surface area contributed by atoms with Crippen molar-refractivity contribution in [1.82, 2.24) is 10.2 Å². The van der Waals surface area contributed by atoms with E-state index in [9.17, 15) is 0 Å². The number of hydrogen-bond acceptors (Lipinski definition) is 4. The first-order valence-electron chi connectivity index (χ1n) is 5.94. The molecular formula is C13H19N3O. The lowest BCUT2D eigenvalue weighted by Crippen LogP contribution is -2.37. The zero-order valence-electron chi connectivity index (χ0n) is 10.4. The van der Waals surface area contributed by atoms with E-state index in [1.54, 1.807) is 0 Å². The Morgan fingerprint density at radius 2 is 2.12 bits per heavy atom. The third-order valence-corrected chi connectivity index (χ3v) is 2.73. The highest BCUT2D eigenvalue weighted by molar-refractivity contribution is 5.81. The van der Waals surface area contributed by atoms with Crippen molar-refractivity contribution in [2.75, 3.05) is 33.3 Å². The summed E-state index contributed by atoms with van der Waals surface area (Å²) in [6.45, 7) is 5.38. The quantitative estimate of drug-likeness (QED) is 0.796. The fourth-order valence-electron chi connectivity index (χ4n) is 1.69. The van der Waals surface area contributed by atoms with Gasteiger partial charge in [0.15, 0.2) is 5.96 Å². The standard InChI is InChI=1S/C13H19N3O/c1-11-3-5-12(6-4-11)17-10-8-15-13-14-7-9-16(13)2/h3-6H,7-10H2,1-2H3,(H,14,15). The first-order chi connectivity index (χ1) is 8.25. The van der Waals surface area contributed by atoms with Gasteiger partial charge in [0.2, 0.25) is 0 Å². The fourth-order valence-corrected chi connectivity index (χ4v) is 1.69. The Morgan fingerprint density at radius 3 is 2.76 bits per heavy atom. The molecule has 0 aromatic heterocycles. The molecule has 1 aromatic rings. The Bertz CT molecular complexity index is 386. The fraction of sp³-hybridized carbons (Fsp3) is 0.462. The zero-order chi connectivity index (χ0) is 12.1. The van der Waals surface area contributed by atoms with E-state index in [4.69, 9.17) is 4.74 Å². The maximum Gasteiger partial charge on any atom is 0.193 e. The Morgan fingerprint density at radius 1 is 1.35 bits per heavy atom. The summed E-state index contributed by atoms with van der Waals surface area (Å²) < 4.78 is 5.62. The number of aryl methyl sites for hydroxylation is 1. The van der Waals surface area contributed by atoms with E-state index in [0.29, 0.717) is 6.61 Å². The topological polar surface area (TPSA) is 36.9 Å². The average Bonchev–Trinajstić information content (AvgIpc) is 2.73. The predicted molar refractivity (Wildman–Crippen MR) is 69.6 cm³/mol. The van der Waals surface area contributed by atoms with E-state index in [2.05, 4.69) is 34.3 Å². The lowest BCUT2D eigenvalue weighted by Gasteiger charge is -2.15. The maximum atomic E-state index is 5.62. The molecule has 92 valence electrons. The molecule has 1 aliphatic rings. The monoisotopic (exact) mass is 233 g/mol. The number of benzene rings is 1. The van der Waals surface area contributed by atoms with Crippen LogP contribution in [0.1, 0.15) is 5.56 Å². The van der Waals surface area contributed by atoms with Gasteiger partial charge >= 0.3 is 0 Å². The minimum Gasteiger partial charge on any atom is -0.492 e. The van der Waals surface area contributed by atoms with Gasteiger partial charge in [-0.2, -0.15) is 0 Å². The number of hydrogen-bond donors (Lipinski definition) is 1. The molecule has 0 unspecified atom stereocenters. The van der Waals surface area contributed by atoms with E-state index < -0.39 is 0 Å². The van der Waals surface area contributed by atoms with Gasteiger partial charge in [-0.1, -0.05) is 17.7 Å². The Kier molecular flexibility index (Phi) is 3.85. The van der Waals surface area contributed by atoms with Crippen LogP contribution in [-0.4, -0.2) is 44.1 Å². The van der Waals surface area contributed by atoms with Crippen LogP contribution < -0.4 is 10.1 Å². The van der Waals surface area contributed by atoms with Gasteiger partial charge in [0.05, 0.1) is 13.1 Å². The van der Waals surface area contributed by atoms with Crippen molar-refractivity contribution in [2.24, 2.45) is 4.99 Å². The summed E-state index contributed by atoms with van der Waals surface area (Å²) in [7, 11) is 2.04. The minimum atomic E-state index is 0.649. The van der Waals surface area contributed by atoms with Crippen molar-refractivity contribution in [1.29, 1.82) is 0 Å². The normalized spacial score (nSPS) is 14.7. The van der Waals surface area contributed by atoms with E-state index in [-0.39, 0.29) is 0 Å². The molecule has 1 heterocycles. The van der Waals surface area contributed by atoms with Crippen LogP contribution in [0.3, 0.4) is 0 Å². The lowest BCUT2D eigenvalue weighted by molar-refractivity contribution is 0.320. The van der Waals surface area contributed by atoms with Gasteiger partial charge in [0.1, 0.15) is 12.4 Å². The molecule has 0 spiro atoms. The van der Waals surface area contributed by atoms with Crippen LogP contribution >= 0.6 is 0 Å². The molecule has 0 fully saturated rings. The molecule has 0 bridgehead atoms. The van der Waals surface area contributed by atoms with E-state index in [1.807, 2.05) is 19.2 Å². The number of aliphatic imine (C=N–C) groups is 1. The van der Waals surface area contributed by atoms with Crippen LogP contribution in [0.4, 0.5) is 0 Å². The number of ether oxygens (including phenoxy) is 1. The molecule has 17 heavy (non-hydrogen) atoms. The van der Waals surface area contributed by atoms with Crippen LogP contribution in [-0.2, 0) is 0 Å². The van der Waals surface area contributed by atoms with Crippen molar-refractivity contribution in [3.63, 3.8) is 0 Å². The Labute approximate surface area is 102 Å². The maximum absolute atomic E-state index is 5.62. The Hall–Kier alpha value is -1.71. The second-order valence-corrected chi connectivity index (χ2v) is 4.22. The van der Waals surface area contributed by atoms with Crippen LogP contribution in [0.2, 0.25) is 0 Å². The van der Waals surface area contributed by atoms with Crippen LogP contribution in [0.15, 0.2) is 29.3 Å². The summed E-state index contributed by atoms with van der Waals surface area (Å²) >= 11 is 0. The van der Waals surface area contributed by atoms with Gasteiger partial charge in [-0.15, -0.1) is 0 Å². The molecule has 0 saturated carbocycles. The number of nitrogens with zero attached hydrogens (tertiary/aromatic N) is 2. The van der Waals surface area contributed by atoms with Crippen molar-refractivity contribution in [3.8, 4) is 5.75 Å². The average molecular weight is 233 g/mol.